The predicted octanol–water partition coefficient (Wildman–Crippen LogP) is 5.18. The molecule has 224 valence electrons. The number of nitrogen functional groups attached to an aromatic ring is 1. The Labute approximate surface area is 241 Å². The van der Waals surface area contributed by atoms with Gasteiger partial charge in [-0.15, -0.1) is 0 Å². The molecule has 1 saturated heterocycles. The number of likely N-dealkylation sites (tertiary alicyclic amines) is 1. The minimum absolute atomic E-state index is 0.00245. The first-order valence-electron chi connectivity index (χ1n) is 13.1. The number of halogens is 3. The van der Waals surface area contributed by atoms with E-state index in [4.69, 9.17) is 19.9 Å². The van der Waals surface area contributed by atoms with Gasteiger partial charge in [-0.2, -0.15) is 13.2 Å². The fourth-order valence-corrected chi connectivity index (χ4v) is 4.17. The molecule has 1 aliphatic rings. The van der Waals surface area contributed by atoms with E-state index in [2.05, 4.69) is 15.3 Å². The lowest BCUT2D eigenvalue weighted by Crippen LogP contribution is -2.53. The Morgan fingerprint density at radius 2 is 1.83 bits per heavy atom. The Kier molecular flexibility index (Phi) is 8.78. The van der Waals surface area contributed by atoms with Crippen LogP contribution in [-0.4, -0.2) is 59.3 Å². The average Bonchev–Trinajstić information content (AvgIpc) is 2.86. The van der Waals surface area contributed by atoms with Gasteiger partial charge in [0, 0.05) is 55.1 Å². The van der Waals surface area contributed by atoms with Crippen molar-refractivity contribution < 1.29 is 37.0 Å². The quantitative estimate of drug-likeness (QED) is 0.369. The molecule has 3 aromatic rings. The van der Waals surface area contributed by atoms with Crippen LogP contribution in [0.5, 0.6) is 11.6 Å². The summed E-state index contributed by atoms with van der Waals surface area (Å²) >= 11 is 0. The van der Waals surface area contributed by atoms with Crippen molar-refractivity contribution in [2.75, 3.05) is 37.9 Å². The number of nitrogens with one attached hydrogen (secondary N) is 1. The number of methoxy groups -OCH3 is 1. The molecule has 2 aromatic heterocycles. The van der Waals surface area contributed by atoms with Crippen LogP contribution in [0.4, 0.5) is 29.5 Å². The number of hydrogen-bond donors (Lipinski definition) is 2. The molecular weight excluding hydrogens is 555 g/mol. The van der Waals surface area contributed by atoms with E-state index in [1.54, 1.807) is 45.2 Å². The molecule has 0 spiro atoms. The summed E-state index contributed by atoms with van der Waals surface area (Å²) in [6.07, 6.45) is -3.14. The van der Waals surface area contributed by atoms with E-state index in [1.807, 2.05) is 0 Å². The highest BCUT2D eigenvalue weighted by Gasteiger charge is 2.35. The maximum atomic E-state index is 13.6. The number of hydrogen-bond acceptors (Lipinski definition) is 8. The number of nitrogens with zero attached hydrogens (tertiary/aromatic N) is 3. The summed E-state index contributed by atoms with van der Waals surface area (Å²) in [5.74, 6) is -0.521. The minimum atomic E-state index is -4.68. The third-order valence-electron chi connectivity index (χ3n) is 6.21. The zero-order valence-electron chi connectivity index (χ0n) is 23.6. The van der Waals surface area contributed by atoms with E-state index in [1.165, 1.54) is 24.1 Å². The van der Waals surface area contributed by atoms with Gasteiger partial charge >= 0.3 is 12.3 Å². The van der Waals surface area contributed by atoms with Crippen LogP contribution in [0.2, 0.25) is 0 Å². The van der Waals surface area contributed by atoms with Gasteiger partial charge in [0.25, 0.3) is 5.91 Å². The number of pyridine rings is 2. The standard InChI is InChI=1S/C29H32F3N5O5/c1-28(2,3)42-27(39)37-14-18(15-37)16-41-22-12-19(29(30,31)32)11-21(13-22)36-26(38)23-6-5-20(35-25(23)33)9-17-7-8-34-24(10-17)40-4/h5-8,10-13,18H,9,14-16H2,1-4H3,(H2,33,35)(H,36,38). The van der Waals surface area contributed by atoms with Gasteiger partial charge in [0.2, 0.25) is 5.88 Å². The van der Waals surface area contributed by atoms with Crippen molar-refractivity contribution in [1.29, 1.82) is 0 Å². The van der Waals surface area contributed by atoms with Crippen LogP contribution in [0, 0.1) is 5.92 Å². The second-order valence-corrected chi connectivity index (χ2v) is 10.9. The smallest absolute Gasteiger partial charge is 0.416 e. The van der Waals surface area contributed by atoms with Gasteiger partial charge in [-0.3, -0.25) is 4.79 Å². The molecule has 1 aliphatic heterocycles. The molecule has 0 aliphatic carbocycles. The Morgan fingerprint density at radius 1 is 1.10 bits per heavy atom. The fraction of sp³-hybridized carbons (Fsp3) is 0.379. The number of aromatic nitrogens is 2. The second kappa shape index (κ2) is 12.1. The first kappa shape index (κ1) is 30.4. The Morgan fingerprint density at radius 3 is 2.48 bits per heavy atom. The number of alkyl halides is 3. The summed E-state index contributed by atoms with van der Waals surface area (Å²) in [6, 6.07) is 9.57. The van der Waals surface area contributed by atoms with Crippen LogP contribution in [0.1, 0.15) is 48.0 Å². The van der Waals surface area contributed by atoms with Gasteiger partial charge < -0.3 is 30.2 Å². The summed E-state index contributed by atoms with van der Waals surface area (Å²) in [4.78, 5) is 34.9. The number of nitrogens with two attached hydrogens (primary N) is 1. The van der Waals surface area contributed by atoms with Crippen molar-refractivity contribution >= 4 is 23.5 Å². The van der Waals surface area contributed by atoms with Crippen LogP contribution in [0.3, 0.4) is 0 Å². The highest BCUT2D eigenvalue weighted by atomic mass is 19.4. The lowest BCUT2D eigenvalue weighted by Gasteiger charge is -2.39. The van der Waals surface area contributed by atoms with Gasteiger partial charge in [0.1, 0.15) is 17.2 Å². The molecule has 13 heteroatoms. The first-order chi connectivity index (χ1) is 19.7. The lowest BCUT2D eigenvalue weighted by molar-refractivity contribution is -0.137. The van der Waals surface area contributed by atoms with Gasteiger partial charge in [-0.25, -0.2) is 14.8 Å². The summed E-state index contributed by atoms with van der Waals surface area (Å²) in [7, 11) is 1.50. The van der Waals surface area contributed by atoms with Gasteiger partial charge in [-0.05, 0) is 56.7 Å². The third kappa shape index (κ3) is 8.02. The van der Waals surface area contributed by atoms with E-state index in [-0.39, 0.29) is 35.3 Å². The Balaban J connectivity index is 1.41. The zero-order valence-corrected chi connectivity index (χ0v) is 23.6. The van der Waals surface area contributed by atoms with Crippen molar-refractivity contribution in [3.8, 4) is 11.6 Å². The summed E-state index contributed by atoms with van der Waals surface area (Å²) in [6.45, 7) is 6.07. The molecule has 1 fully saturated rings. The lowest BCUT2D eigenvalue weighted by atomic mass is 10.0. The van der Waals surface area contributed by atoms with Gasteiger partial charge in [0.05, 0.1) is 24.8 Å². The molecule has 0 unspecified atom stereocenters. The Hall–Kier alpha value is -4.55. The van der Waals surface area contributed by atoms with E-state index in [0.29, 0.717) is 31.1 Å². The van der Waals surface area contributed by atoms with Gasteiger partial charge in [-0.1, -0.05) is 0 Å². The number of amides is 2. The fourth-order valence-electron chi connectivity index (χ4n) is 4.17. The molecule has 3 N–H and O–H groups in total. The number of ether oxygens (including phenoxy) is 3. The summed E-state index contributed by atoms with van der Waals surface area (Å²) in [5, 5.41) is 2.46. The number of carbonyl (C=O) groups excluding carboxylic acids is 2. The van der Waals surface area contributed by atoms with Crippen molar-refractivity contribution in [1.82, 2.24) is 14.9 Å². The van der Waals surface area contributed by atoms with Crippen LogP contribution >= 0.6 is 0 Å². The van der Waals surface area contributed by atoms with Crippen molar-refractivity contribution in [2.24, 2.45) is 5.92 Å². The van der Waals surface area contributed by atoms with Crippen molar-refractivity contribution in [3.05, 3.63) is 71.0 Å². The largest absolute Gasteiger partial charge is 0.493 e. The van der Waals surface area contributed by atoms with E-state index >= 15 is 0 Å². The molecule has 3 heterocycles. The maximum Gasteiger partial charge on any atom is 0.416 e. The van der Waals surface area contributed by atoms with Crippen molar-refractivity contribution in [3.63, 3.8) is 0 Å². The summed E-state index contributed by atoms with van der Waals surface area (Å²) < 4.78 is 56.9. The number of benzene rings is 1. The molecule has 0 atom stereocenters. The van der Waals surface area contributed by atoms with E-state index in [0.717, 1.165) is 17.7 Å². The molecular formula is C29H32F3N5O5. The van der Waals surface area contributed by atoms with Crippen LogP contribution in [0.25, 0.3) is 0 Å². The number of anilines is 2. The average molecular weight is 588 g/mol. The summed E-state index contributed by atoms with van der Waals surface area (Å²) in [5.41, 5.74) is 5.73. The molecule has 0 bridgehead atoms. The minimum Gasteiger partial charge on any atom is -0.493 e. The molecule has 0 saturated carbocycles. The monoisotopic (exact) mass is 587 g/mol. The maximum absolute atomic E-state index is 13.6. The van der Waals surface area contributed by atoms with Crippen molar-refractivity contribution in [2.45, 2.75) is 39.0 Å². The molecule has 10 nitrogen and oxygen atoms in total. The zero-order chi connectivity index (χ0) is 30.7. The first-order valence-corrected chi connectivity index (χ1v) is 13.1. The van der Waals surface area contributed by atoms with E-state index < -0.39 is 29.3 Å². The highest BCUT2D eigenvalue weighted by Crippen LogP contribution is 2.35. The second-order valence-electron chi connectivity index (χ2n) is 10.9. The molecule has 42 heavy (non-hydrogen) atoms. The molecule has 4 rings (SSSR count). The topological polar surface area (TPSA) is 129 Å². The predicted molar refractivity (Wildman–Crippen MR) is 148 cm³/mol. The molecule has 2 amide bonds. The van der Waals surface area contributed by atoms with E-state index in [9.17, 15) is 22.8 Å². The highest BCUT2D eigenvalue weighted by molar-refractivity contribution is 6.07. The van der Waals surface area contributed by atoms with Crippen LogP contribution in [-0.2, 0) is 17.3 Å². The third-order valence-corrected chi connectivity index (χ3v) is 6.21. The SMILES string of the molecule is COc1cc(Cc2ccc(C(=O)Nc3cc(OCC4CN(C(=O)OC(C)(C)C)C4)cc(C(F)(F)F)c3)c(N)n2)ccn1. The van der Waals surface area contributed by atoms with Crippen LogP contribution in [0.15, 0.2) is 48.7 Å². The van der Waals surface area contributed by atoms with Crippen LogP contribution < -0.4 is 20.5 Å². The Bertz CT molecular complexity index is 1450. The number of rotatable bonds is 8. The molecule has 1 aromatic carbocycles. The van der Waals surface area contributed by atoms with Gasteiger partial charge in [0.15, 0.2) is 0 Å². The number of carbonyl (C=O) groups is 2. The normalized spacial score (nSPS) is 13.7. The molecule has 0 radical (unpaired) electrons.